The van der Waals surface area contributed by atoms with E-state index in [9.17, 15) is 4.39 Å². The van der Waals surface area contributed by atoms with Crippen LogP contribution in [0.3, 0.4) is 0 Å². The lowest BCUT2D eigenvalue weighted by Crippen LogP contribution is -2.22. The number of aryl methyl sites for hydroxylation is 1. The van der Waals surface area contributed by atoms with Crippen LogP contribution >= 0.6 is 11.6 Å². The topological polar surface area (TPSA) is 12.0 Å². The standard InChI is InChI=1S/C16H17ClFN/c1-3-19-16(12-5-7-13(17)8-6-12)15-10-14(18)9-4-11(15)2/h4-10,16,19H,3H2,1-2H3. The maximum atomic E-state index is 13.5. The Morgan fingerprint density at radius 3 is 2.47 bits per heavy atom. The van der Waals surface area contributed by atoms with E-state index >= 15 is 0 Å². The van der Waals surface area contributed by atoms with Gasteiger partial charge < -0.3 is 5.32 Å². The van der Waals surface area contributed by atoms with Crippen molar-refractivity contribution in [2.75, 3.05) is 6.54 Å². The fraction of sp³-hybridized carbons (Fsp3) is 0.250. The number of hydrogen-bond donors (Lipinski definition) is 1. The summed E-state index contributed by atoms with van der Waals surface area (Å²) in [5, 5.41) is 4.10. The lowest BCUT2D eigenvalue weighted by molar-refractivity contribution is 0.600. The normalized spacial score (nSPS) is 12.4. The van der Waals surface area contributed by atoms with Crippen LogP contribution in [0.5, 0.6) is 0 Å². The third-order valence-electron chi connectivity index (χ3n) is 3.16. The minimum absolute atomic E-state index is 0.0158. The molecule has 100 valence electrons. The maximum absolute atomic E-state index is 13.5. The highest BCUT2D eigenvalue weighted by Crippen LogP contribution is 2.26. The first-order valence-electron chi connectivity index (χ1n) is 6.36. The molecule has 1 unspecified atom stereocenters. The minimum atomic E-state index is -0.211. The fourth-order valence-corrected chi connectivity index (χ4v) is 2.32. The molecule has 2 rings (SSSR count). The van der Waals surface area contributed by atoms with Gasteiger partial charge in [-0.05, 0) is 54.4 Å². The monoisotopic (exact) mass is 277 g/mol. The molecule has 0 bridgehead atoms. The van der Waals surface area contributed by atoms with E-state index in [-0.39, 0.29) is 11.9 Å². The Kier molecular flexibility index (Phi) is 4.56. The lowest BCUT2D eigenvalue weighted by Gasteiger charge is -2.21. The molecule has 0 spiro atoms. The number of benzene rings is 2. The molecule has 19 heavy (non-hydrogen) atoms. The highest BCUT2D eigenvalue weighted by molar-refractivity contribution is 6.30. The molecule has 0 aliphatic rings. The zero-order valence-electron chi connectivity index (χ0n) is 11.1. The maximum Gasteiger partial charge on any atom is 0.123 e. The van der Waals surface area contributed by atoms with Gasteiger partial charge in [0.15, 0.2) is 0 Å². The summed E-state index contributed by atoms with van der Waals surface area (Å²) in [5.74, 6) is -0.211. The summed E-state index contributed by atoms with van der Waals surface area (Å²) in [6.45, 7) is 4.84. The van der Waals surface area contributed by atoms with Gasteiger partial charge in [0.2, 0.25) is 0 Å². The summed E-state index contributed by atoms with van der Waals surface area (Å²) in [5.41, 5.74) is 3.12. The molecule has 0 saturated carbocycles. The molecular formula is C16H17ClFN. The number of nitrogens with one attached hydrogen (secondary N) is 1. The van der Waals surface area contributed by atoms with Crippen molar-refractivity contribution in [2.45, 2.75) is 19.9 Å². The van der Waals surface area contributed by atoms with Gasteiger partial charge in [-0.3, -0.25) is 0 Å². The molecule has 0 amide bonds. The molecule has 0 heterocycles. The van der Waals surface area contributed by atoms with Gasteiger partial charge in [-0.15, -0.1) is 0 Å². The van der Waals surface area contributed by atoms with Crippen LogP contribution in [0.1, 0.15) is 29.7 Å². The Hall–Kier alpha value is -1.38. The van der Waals surface area contributed by atoms with Crippen LogP contribution in [0.2, 0.25) is 5.02 Å². The summed E-state index contributed by atoms with van der Waals surface area (Å²) >= 11 is 5.92. The van der Waals surface area contributed by atoms with Gasteiger partial charge in [0.1, 0.15) is 5.82 Å². The van der Waals surface area contributed by atoms with Crippen LogP contribution in [0.4, 0.5) is 4.39 Å². The predicted molar refractivity (Wildman–Crippen MR) is 78.1 cm³/mol. The first kappa shape index (κ1) is 14.0. The van der Waals surface area contributed by atoms with E-state index in [0.29, 0.717) is 5.02 Å². The van der Waals surface area contributed by atoms with Gasteiger partial charge in [0.05, 0.1) is 6.04 Å². The molecule has 0 aliphatic carbocycles. The van der Waals surface area contributed by atoms with Gasteiger partial charge in [0, 0.05) is 5.02 Å². The molecule has 2 aromatic rings. The molecule has 0 fully saturated rings. The second kappa shape index (κ2) is 6.18. The van der Waals surface area contributed by atoms with E-state index in [1.165, 1.54) is 6.07 Å². The molecule has 3 heteroatoms. The third kappa shape index (κ3) is 3.34. The molecule has 0 radical (unpaired) electrons. The first-order chi connectivity index (χ1) is 9.11. The largest absolute Gasteiger partial charge is 0.307 e. The lowest BCUT2D eigenvalue weighted by atomic mass is 9.95. The Morgan fingerprint density at radius 2 is 1.84 bits per heavy atom. The predicted octanol–water partition coefficient (Wildman–Crippen LogP) is 4.49. The molecule has 2 aromatic carbocycles. The SMILES string of the molecule is CCNC(c1ccc(Cl)cc1)c1cc(F)ccc1C. The zero-order valence-corrected chi connectivity index (χ0v) is 11.8. The summed E-state index contributed by atoms with van der Waals surface area (Å²) < 4.78 is 13.5. The van der Waals surface area contributed by atoms with Crippen LogP contribution < -0.4 is 5.32 Å². The molecule has 1 atom stereocenters. The zero-order chi connectivity index (χ0) is 13.8. The summed E-state index contributed by atoms with van der Waals surface area (Å²) in [6.07, 6.45) is 0. The van der Waals surface area contributed by atoms with E-state index in [2.05, 4.69) is 5.32 Å². The van der Waals surface area contributed by atoms with Gasteiger partial charge in [-0.25, -0.2) is 4.39 Å². The van der Waals surface area contributed by atoms with Crippen molar-refractivity contribution in [3.05, 3.63) is 70.0 Å². The summed E-state index contributed by atoms with van der Waals surface area (Å²) in [7, 11) is 0. The van der Waals surface area contributed by atoms with Gasteiger partial charge in [-0.2, -0.15) is 0 Å². The van der Waals surface area contributed by atoms with Crippen molar-refractivity contribution in [3.63, 3.8) is 0 Å². The minimum Gasteiger partial charge on any atom is -0.307 e. The van der Waals surface area contributed by atoms with E-state index in [0.717, 1.165) is 23.2 Å². The Bertz CT molecular complexity index is 551. The van der Waals surface area contributed by atoms with E-state index in [1.807, 2.05) is 44.2 Å². The average Bonchev–Trinajstić information content (AvgIpc) is 2.40. The van der Waals surface area contributed by atoms with E-state index in [4.69, 9.17) is 11.6 Å². The first-order valence-corrected chi connectivity index (χ1v) is 6.74. The molecule has 0 saturated heterocycles. The van der Waals surface area contributed by atoms with Crippen molar-refractivity contribution >= 4 is 11.6 Å². The van der Waals surface area contributed by atoms with Crippen LogP contribution in [-0.4, -0.2) is 6.54 Å². The van der Waals surface area contributed by atoms with Crippen LogP contribution in [-0.2, 0) is 0 Å². The number of rotatable bonds is 4. The van der Waals surface area contributed by atoms with Crippen LogP contribution in [0.25, 0.3) is 0 Å². The fourth-order valence-electron chi connectivity index (χ4n) is 2.19. The summed E-state index contributed by atoms with van der Waals surface area (Å²) in [6, 6.07) is 12.5. The highest BCUT2D eigenvalue weighted by Gasteiger charge is 2.15. The van der Waals surface area contributed by atoms with Gasteiger partial charge >= 0.3 is 0 Å². The van der Waals surface area contributed by atoms with Crippen LogP contribution in [0, 0.1) is 12.7 Å². The van der Waals surface area contributed by atoms with Gasteiger partial charge in [-0.1, -0.05) is 36.7 Å². The Balaban J connectivity index is 2.44. The second-order valence-corrected chi connectivity index (χ2v) is 4.98. The van der Waals surface area contributed by atoms with Crippen molar-refractivity contribution < 1.29 is 4.39 Å². The molecule has 0 aromatic heterocycles. The Morgan fingerprint density at radius 1 is 1.16 bits per heavy atom. The number of hydrogen-bond acceptors (Lipinski definition) is 1. The van der Waals surface area contributed by atoms with Crippen molar-refractivity contribution in [3.8, 4) is 0 Å². The molecular weight excluding hydrogens is 261 g/mol. The van der Waals surface area contributed by atoms with Crippen molar-refractivity contribution in [2.24, 2.45) is 0 Å². The van der Waals surface area contributed by atoms with Crippen molar-refractivity contribution in [1.29, 1.82) is 0 Å². The quantitative estimate of drug-likeness (QED) is 0.868. The van der Waals surface area contributed by atoms with E-state index < -0.39 is 0 Å². The highest BCUT2D eigenvalue weighted by atomic mass is 35.5. The van der Waals surface area contributed by atoms with Crippen molar-refractivity contribution in [1.82, 2.24) is 5.32 Å². The Labute approximate surface area is 118 Å². The van der Waals surface area contributed by atoms with Gasteiger partial charge in [0.25, 0.3) is 0 Å². The second-order valence-electron chi connectivity index (χ2n) is 4.54. The smallest absolute Gasteiger partial charge is 0.123 e. The van der Waals surface area contributed by atoms with Crippen LogP contribution in [0.15, 0.2) is 42.5 Å². The average molecular weight is 278 g/mol. The molecule has 1 N–H and O–H groups in total. The van der Waals surface area contributed by atoms with E-state index in [1.54, 1.807) is 6.07 Å². The number of halogens is 2. The molecule has 1 nitrogen and oxygen atoms in total. The summed E-state index contributed by atoms with van der Waals surface area (Å²) in [4.78, 5) is 0. The third-order valence-corrected chi connectivity index (χ3v) is 3.42. The molecule has 0 aliphatic heterocycles.